The molecule has 2 rings (SSSR count). The van der Waals surface area contributed by atoms with Gasteiger partial charge in [-0.1, -0.05) is 20.8 Å². The molecule has 0 bridgehead atoms. The van der Waals surface area contributed by atoms with Crippen molar-refractivity contribution in [1.29, 1.82) is 0 Å². The van der Waals surface area contributed by atoms with Gasteiger partial charge >= 0.3 is 0 Å². The lowest BCUT2D eigenvalue weighted by atomic mass is 9.88. The number of hydrogen-bond donors (Lipinski definition) is 1. The Bertz CT molecular complexity index is 582. The molecule has 1 aromatic rings. The van der Waals surface area contributed by atoms with Gasteiger partial charge < -0.3 is 10.0 Å². The predicted octanol–water partition coefficient (Wildman–Crippen LogP) is 2.22. The van der Waals surface area contributed by atoms with E-state index in [0.717, 1.165) is 18.5 Å². The number of nitrogens with zero attached hydrogens (tertiary/aromatic N) is 3. The molecule has 2 heterocycles. The van der Waals surface area contributed by atoms with Gasteiger partial charge in [-0.05, 0) is 49.4 Å². The maximum absolute atomic E-state index is 12.8. The van der Waals surface area contributed by atoms with E-state index < -0.39 is 5.60 Å². The Hall–Kier alpha value is -1.46. The molecule has 1 unspecified atom stereocenters. The van der Waals surface area contributed by atoms with Crippen molar-refractivity contribution in [3.05, 3.63) is 29.6 Å². The summed E-state index contributed by atoms with van der Waals surface area (Å²) >= 11 is 0. The van der Waals surface area contributed by atoms with Crippen LogP contribution in [0, 0.1) is 12.3 Å². The van der Waals surface area contributed by atoms with Gasteiger partial charge in [0.05, 0.1) is 0 Å². The van der Waals surface area contributed by atoms with Gasteiger partial charge in [-0.2, -0.15) is 0 Å². The summed E-state index contributed by atoms with van der Waals surface area (Å²) in [6, 6.07) is 1.99. The summed E-state index contributed by atoms with van der Waals surface area (Å²) in [5.41, 5.74) is 1.05. The van der Waals surface area contributed by atoms with Gasteiger partial charge in [0.25, 0.3) is 5.91 Å². The zero-order valence-electron chi connectivity index (χ0n) is 15.7. The number of rotatable bonds is 5. The fourth-order valence-electron chi connectivity index (χ4n) is 3.41. The van der Waals surface area contributed by atoms with Gasteiger partial charge in [0.1, 0.15) is 0 Å². The molecular formula is C19H31N3O2. The Morgan fingerprint density at radius 3 is 2.75 bits per heavy atom. The SMILES string of the molecule is Cc1cnccc1CN(C)CC1(O)CCCN(CC(C)(C)C)C1=O. The van der Waals surface area contributed by atoms with Crippen LogP contribution >= 0.6 is 0 Å². The van der Waals surface area contributed by atoms with Crippen molar-refractivity contribution in [3.8, 4) is 0 Å². The van der Waals surface area contributed by atoms with E-state index in [1.54, 1.807) is 6.20 Å². The lowest BCUT2D eigenvalue weighted by Gasteiger charge is -2.42. The molecule has 5 heteroatoms. The highest BCUT2D eigenvalue weighted by Gasteiger charge is 2.43. The zero-order chi connectivity index (χ0) is 18.0. The molecule has 0 aliphatic carbocycles. The van der Waals surface area contributed by atoms with E-state index in [2.05, 4.69) is 25.8 Å². The number of amides is 1. The van der Waals surface area contributed by atoms with Crippen LogP contribution in [0.1, 0.15) is 44.7 Å². The molecule has 1 N–H and O–H groups in total. The molecule has 0 saturated carbocycles. The Balaban J connectivity index is 2.03. The number of aryl methyl sites for hydroxylation is 1. The monoisotopic (exact) mass is 333 g/mol. The quantitative estimate of drug-likeness (QED) is 0.898. The fraction of sp³-hybridized carbons (Fsp3) is 0.684. The third-order valence-electron chi connectivity index (χ3n) is 4.48. The number of likely N-dealkylation sites (N-methyl/N-ethyl adjacent to an activating group) is 1. The van der Waals surface area contributed by atoms with Crippen molar-refractivity contribution in [3.63, 3.8) is 0 Å². The van der Waals surface area contributed by atoms with Gasteiger partial charge in [-0.15, -0.1) is 0 Å². The maximum atomic E-state index is 12.8. The Morgan fingerprint density at radius 2 is 2.12 bits per heavy atom. The van der Waals surface area contributed by atoms with Crippen LogP contribution in [0.4, 0.5) is 0 Å². The summed E-state index contributed by atoms with van der Waals surface area (Å²) in [6.07, 6.45) is 5.00. The second kappa shape index (κ2) is 7.19. The lowest BCUT2D eigenvalue weighted by Crippen LogP contribution is -2.59. The molecule has 1 atom stereocenters. The minimum atomic E-state index is -1.28. The van der Waals surface area contributed by atoms with Crippen LogP contribution < -0.4 is 0 Å². The number of aliphatic hydroxyl groups is 1. The molecule has 5 nitrogen and oxygen atoms in total. The predicted molar refractivity (Wildman–Crippen MR) is 95.5 cm³/mol. The number of carbonyl (C=O) groups excluding carboxylic acids is 1. The van der Waals surface area contributed by atoms with Gasteiger partial charge in [-0.3, -0.25) is 14.7 Å². The topological polar surface area (TPSA) is 56.7 Å². The molecule has 1 aromatic heterocycles. The molecule has 1 amide bonds. The Labute approximate surface area is 145 Å². The van der Waals surface area contributed by atoms with Crippen LogP contribution in [0.15, 0.2) is 18.5 Å². The molecule has 1 saturated heterocycles. The molecule has 1 aliphatic heterocycles. The van der Waals surface area contributed by atoms with Crippen LogP contribution in [-0.4, -0.2) is 58.1 Å². The maximum Gasteiger partial charge on any atom is 0.255 e. The highest BCUT2D eigenvalue weighted by atomic mass is 16.3. The molecule has 1 aliphatic rings. The minimum absolute atomic E-state index is 0.0357. The van der Waals surface area contributed by atoms with Crippen molar-refractivity contribution >= 4 is 5.91 Å². The highest BCUT2D eigenvalue weighted by Crippen LogP contribution is 2.27. The average Bonchev–Trinajstić information content (AvgIpc) is 2.45. The summed E-state index contributed by atoms with van der Waals surface area (Å²) in [7, 11) is 1.95. The second-order valence-electron chi connectivity index (χ2n) is 8.40. The van der Waals surface area contributed by atoms with E-state index >= 15 is 0 Å². The van der Waals surface area contributed by atoms with E-state index in [-0.39, 0.29) is 11.3 Å². The van der Waals surface area contributed by atoms with E-state index in [9.17, 15) is 9.90 Å². The summed E-state index contributed by atoms with van der Waals surface area (Å²) in [5, 5.41) is 11.0. The molecular weight excluding hydrogens is 302 g/mol. The smallest absolute Gasteiger partial charge is 0.255 e. The standard InChI is InChI=1S/C19H31N3O2/c1-15-11-20-9-7-16(15)12-21(5)14-19(24)8-6-10-22(17(19)23)13-18(2,3)4/h7,9,11,24H,6,8,10,12-14H2,1-5H3. The molecule has 134 valence electrons. The van der Waals surface area contributed by atoms with Gasteiger partial charge in [-0.25, -0.2) is 0 Å². The first-order valence-corrected chi connectivity index (χ1v) is 8.70. The average molecular weight is 333 g/mol. The largest absolute Gasteiger partial charge is 0.379 e. The first-order valence-electron chi connectivity index (χ1n) is 8.70. The number of hydrogen-bond acceptors (Lipinski definition) is 4. The summed E-state index contributed by atoms with van der Waals surface area (Å²) in [4.78, 5) is 20.8. The number of aromatic nitrogens is 1. The Morgan fingerprint density at radius 1 is 1.42 bits per heavy atom. The van der Waals surface area contributed by atoms with Crippen LogP contribution in [0.3, 0.4) is 0 Å². The van der Waals surface area contributed by atoms with Crippen LogP contribution in [0.2, 0.25) is 0 Å². The normalized spacial score (nSPS) is 22.3. The highest BCUT2D eigenvalue weighted by molar-refractivity contribution is 5.86. The van der Waals surface area contributed by atoms with Gasteiger partial charge in [0.2, 0.25) is 0 Å². The van der Waals surface area contributed by atoms with Crippen molar-refractivity contribution in [2.75, 3.05) is 26.7 Å². The van der Waals surface area contributed by atoms with Crippen molar-refractivity contribution in [2.24, 2.45) is 5.41 Å². The summed E-state index contributed by atoms with van der Waals surface area (Å²) < 4.78 is 0. The number of likely N-dealkylation sites (tertiary alicyclic amines) is 1. The third kappa shape index (κ3) is 4.77. The zero-order valence-corrected chi connectivity index (χ0v) is 15.7. The number of carbonyl (C=O) groups is 1. The molecule has 0 aromatic carbocycles. The Kier molecular flexibility index (Phi) is 5.66. The number of pyridine rings is 1. The molecule has 24 heavy (non-hydrogen) atoms. The van der Waals surface area contributed by atoms with Crippen molar-refractivity contribution in [1.82, 2.24) is 14.8 Å². The molecule has 0 spiro atoms. The lowest BCUT2D eigenvalue weighted by molar-refractivity contribution is -0.160. The molecule has 0 radical (unpaired) electrons. The van der Waals surface area contributed by atoms with Crippen molar-refractivity contribution < 1.29 is 9.90 Å². The minimum Gasteiger partial charge on any atom is -0.379 e. The van der Waals surface area contributed by atoms with E-state index in [0.29, 0.717) is 26.1 Å². The summed E-state index contributed by atoms with van der Waals surface area (Å²) in [6.45, 7) is 10.9. The summed E-state index contributed by atoms with van der Waals surface area (Å²) in [5.74, 6) is -0.123. The first-order chi connectivity index (χ1) is 11.1. The third-order valence-corrected chi connectivity index (χ3v) is 4.48. The van der Waals surface area contributed by atoms with E-state index in [4.69, 9.17) is 0 Å². The fourth-order valence-corrected chi connectivity index (χ4v) is 3.41. The van der Waals surface area contributed by atoms with Crippen molar-refractivity contribution in [2.45, 2.75) is 52.7 Å². The number of piperidine rings is 1. The van der Waals surface area contributed by atoms with Crippen LogP contribution in [-0.2, 0) is 11.3 Å². The molecule has 1 fully saturated rings. The second-order valence-corrected chi connectivity index (χ2v) is 8.40. The first kappa shape index (κ1) is 18.9. The van der Waals surface area contributed by atoms with E-state index in [1.165, 1.54) is 5.56 Å². The van der Waals surface area contributed by atoms with Crippen LogP contribution in [0.25, 0.3) is 0 Å². The van der Waals surface area contributed by atoms with Gasteiger partial charge in [0, 0.05) is 38.6 Å². The van der Waals surface area contributed by atoms with E-state index in [1.807, 2.05) is 36.0 Å². The van der Waals surface area contributed by atoms with Crippen LogP contribution in [0.5, 0.6) is 0 Å². The van der Waals surface area contributed by atoms with Gasteiger partial charge in [0.15, 0.2) is 5.60 Å².